The van der Waals surface area contributed by atoms with E-state index in [1.807, 2.05) is 6.07 Å². The predicted molar refractivity (Wildman–Crippen MR) is 103 cm³/mol. The average Bonchev–Trinajstić information content (AvgIpc) is 3.08. The molecule has 29 heavy (non-hydrogen) atoms. The van der Waals surface area contributed by atoms with Crippen LogP contribution in [-0.2, 0) is 9.09 Å². The van der Waals surface area contributed by atoms with Crippen LogP contribution in [0.3, 0.4) is 0 Å². The van der Waals surface area contributed by atoms with Crippen molar-refractivity contribution in [1.82, 2.24) is 0 Å². The Balaban J connectivity index is 1.82. The molecule has 1 saturated carbocycles. The molecule has 2 aliphatic rings. The number of hydrogen-bond acceptors (Lipinski definition) is 7. The van der Waals surface area contributed by atoms with E-state index in [9.17, 15) is 14.6 Å². The highest BCUT2D eigenvalue weighted by Gasteiger charge is 2.49. The molecular formula is C19H30NO8P. The molecule has 1 unspecified atom stereocenters. The van der Waals surface area contributed by atoms with Crippen LogP contribution >= 0.6 is 7.82 Å². The number of likely N-dealkylation sites (tertiary alicyclic amines) is 1. The van der Waals surface area contributed by atoms with Crippen LogP contribution in [0.15, 0.2) is 18.2 Å². The minimum Gasteiger partial charge on any atom is -0.756 e. The van der Waals surface area contributed by atoms with E-state index >= 15 is 0 Å². The van der Waals surface area contributed by atoms with Gasteiger partial charge in [-0.3, -0.25) is 13.6 Å². The van der Waals surface area contributed by atoms with Crippen molar-refractivity contribution in [1.29, 1.82) is 0 Å². The summed E-state index contributed by atoms with van der Waals surface area (Å²) in [5.41, 5.74) is 0. The molecule has 1 heterocycles. The van der Waals surface area contributed by atoms with Crippen molar-refractivity contribution < 1.29 is 42.7 Å². The first-order valence-corrected chi connectivity index (χ1v) is 11.4. The number of aliphatic hydroxyl groups excluding tert-OH is 1. The van der Waals surface area contributed by atoms with Crippen LogP contribution in [0, 0.1) is 0 Å². The van der Waals surface area contributed by atoms with E-state index < -0.39 is 13.9 Å². The summed E-state index contributed by atoms with van der Waals surface area (Å²) < 4.78 is 33.2. The van der Waals surface area contributed by atoms with Gasteiger partial charge in [-0.15, -0.1) is 0 Å². The smallest absolute Gasteiger partial charge is 0.269 e. The van der Waals surface area contributed by atoms with Crippen LogP contribution in [0.5, 0.6) is 17.2 Å². The third kappa shape index (κ3) is 5.42. The summed E-state index contributed by atoms with van der Waals surface area (Å²) in [5, 5.41) is 10.2. The molecule has 0 radical (unpaired) electrons. The highest BCUT2D eigenvalue weighted by atomic mass is 31.2. The van der Waals surface area contributed by atoms with Gasteiger partial charge in [0.25, 0.3) is 7.82 Å². The zero-order chi connectivity index (χ0) is 21.1. The molecule has 1 aromatic carbocycles. The lowest BCUT2D eigenvalue weighted by Gasteiger charge is -2.46. The van der Waals surface area contributed by atoms with Gasteiger partial charge < -0.3 is 29.1 Å². The summed E-state index contributed by atoms with van der Waals surface area (Å²) in [7, 11) is -1.73. The maximum absolute atomic E-state index is 11.2. The number of methoxy groups -OCH3 is 2. The van der Waals surface area contributed by atoms with E-state index in [0.29, 0.717) is 36.8 Å². The Morgan fingerprint density at radius 1 is 1.17 bits per heavy atom. The highest BCUT2D eigenvalue weighted by molar-refractivity contribution is 7.44. The summed E-state index contributed by atoms with van der Waals surface area (Å²) in [6.45, 7) is 0.735. The van der Waals surface area contributed by atoms with Crippen LogP contribution in [0.4, 0.5) is 0 Å². The first-order valence-electron chi connectivity index (χ1n) is 9.87. The summed E-state index contributed by atoms with van der Waals surface area (Å²) in [5.74, 6) is 1.80. The number of phosphoric acid groups is 1. The fourth-order valence-corrected chi connectivity index (χ4v) is 4.99. The molecule has 1 aliphatic carbocycles. The van der Waals surface area contributed by atoms with E-state index in [1.165, 1.54) is 0 Å². The number of rotatable bonds is 8. The lowest BCUT2D eigenvalue weighted by atomic mass is 9.89. The monoisotopic (exact) mass is 431 g/mol. The predicted octanol–water partition coefficient (Wildman–Crippen LogP) is 1.41. The Morgan fingerprint density at radius 3 is 2.52 bits per heavy atom. The van der Waals surface area contributed by atoms with Gasteiger partial charge in [-0.2, -0.15) is 0 Å². The quantitative estimate of drug-likeness (QED) is 0.469. The molecule has 0 bridgehead atoms. The standard InChI is InChI=1S/C19H30NO8P/c1-25-18-8-7-15(11-19(18)26-2)28-17-6-4-3-5-16(17)20(10-9-14(21)12-20)13-27-29(22,23)24/h7-8,11,14,16-17,21H,3-6,9-10,12-13H2,1-2H3,(H-,22,23,24)/t14-,16+,17-,20+/m0/s1. The van der Waals surface area contributed by atoms with Crippen LogP contribution in [0.2, 0.25) is 0 Å². The topological polar surface area (TPSA) is 118 Å². The van der Waals surface area contributed by atoms with Crippen molar-refractivity contribution in [3.05, 3.63) is 18.2 Å². The Kier molecular flexibility index (Phi) is 7.09. The third-order valence-corrected chi connectivity index (χ3v) is 6.42. The zero-order valence-corrected chi connectivity index (χ0v) is 17.8. The summed E-state index contributed by atoms with van der Waals surface area (Å²) >= 11 is 0. The third-order valence-electron chi connectivity index (χ3n) is 5.97. The molecule has 0 amide bonds. The van der Waals surface area contributed by atoms with Crippen molar-refractivity contribution in [3.8, 4) is 17.2 Å². The van der Waals surface area contributed by atoms with Crippen LogP contribution in [0.1, 0.15) is 32.1 Å². The van der Waals surface area contributed by atoms with E-state index in [1.54, 1.807) is 26.4 Å². The van der Waals surface area contributed by atoms with Crippen molar-refractivity contribution in [3.63, 3.8) is 0 Å². The normalized spacial score (nSPS) is 31.8. The van der Waals surface area contributed by atoms with E-state index in [-0.39, 0.29) is 23.4 Å². The molecule has 5 atom stereocenters. The minimum absolute atomic E-state index is 0.0550. The molecule has 10 heteroatoms. The maximum atomic E-state index is 11.2. The van der Waals surface area contributed by atoms with Gasteiger partial charge in [0.2, 0.25) is 0 Å². The number of quaternary nitrogens is 1. The Morgan fingerprint density at radius 2 is 1.90 bits per heavy atom. The van der Waals surface area contributed by atoms with Crippen molar-refractivity contribution in [2.45, 2.75) is 50.4 Å². The van der Waals surface area contributed by atoms with Crippen LogP contribution < -0.4 is 19.1 Å². The number of ether oxygens (including phenoxy) is 3. The number of benzene rings is 1. The van der Waals surface area contributed by atoms with Gasteiger partial charge in [0.1, 0.15) is 24.4 Å². The van der Waals surface area contributed by atoms with Crippen LogP contribution in [-0.4, -0.2) is 66.8 Å². The molecule has 1 aromatic rings. The van der Waals surface area contributed by atoms with Gasteiger partial charge in [-0.25, -0.2) is 0 Å². The van der Waals surface area contributed by atoms with Gasteiger partial charge >= 0.3 is 0 Å². The first-order chi connectivity index (χ1) is 13.8. The van der Waals surface area contributed by atoms with Gasteiger partial charge in [0, 0.05) is 18.9 Å². The number of aliphatic hydroxyl groups is 1. The summed E-state index contributed by atoms with van der Waals surface area (Å²) in [6, 6.07) is 5.30. The maximum Gasteiger partial charge on any atom is 0.269 e. The van der Waals surface area contributed by atoms with E-state index in [2.05, 4.69) is 0 Å². The first kappa shape index (κ1) is 22.3. The Bertz CT molecular complexity index is 741. The van der Waals surface area contributed by atoms with Gasteiger partial charge in [0.15, 0.2) is 24.3 Å². The molecule has 1 aliphatic heterocycles. The SMILES string of the molecule is COc1ccc(O[C@H]2CCCC[C@H]2[N@+]2(COP(=O)([O-])O)CC[C@H](O)C2)cc1OC. The molecule has 2 fully saturated rings. The molecule has 0 aromatic heterocycles. The molecule has 1 saturated heterocycles. The lowest BCUT2D eigenvalue weighted by Crippen LogP contribution is -2.61. The Hall–Kier alpha value is -1.35. The van der Waals surface area contributed by atoms with Crippen molar-refractivity contribution >= 4 is 7.82 Å². The van der Waals surface area contributed by atoms with Crippen molar-refractivity contribution in [2.24, 2.45) is 0 Å². The van der Waals surface area contributed by atoms with Gasteiger partial charge in [-0.05, 0) is 31.4 Å². The van der Waals surface area contributed by atoms with Gasteiger partial charge in [0.05, 0.1) is 20.8 Å². The average molecular weight is 431 g/mol. The number of hydrogen-bond donors (Lipinski definition) is 2. The van der Waals surface area contributed by atoms with E-state index in [0.717, 1.165) is 25.7 Å². The van der Waals surface area contributed by atoms with Crippen LogP contribution in [0.25, 0.3) is 0 Å². The summed E-state index contributed by atoms with van der Waals surface area (Å²) in [6.07, 6.45) is 3.45. The van der Waals surface area contributed by atoms with Crippen molar-refractivity contribution in [2.75, 3.05) is 34.0 Å². The highest BCUT2D eigenvalue weighted by Crippen LogP contribution is 2.40. The molecular weight excluding hydrogens is 401 g/mol. The second-order valence-electron chi connectivity index (χ2n) is 7.82. The zero-order valence-electron chi connectivity index (χ0n) is 16.9. The van der Waals surface area contributed by atoms with Gasteiger partial charge in [-0.1, -0.05) is 0 Å². The number of phosphoric ester groups is 1. The molecule has 164 valence electrons. The second-order valence-corrected chi connectivity index (χ2v) is 9.01. The fourth-order valence-electron chi connectivity index (χ4n) is 4.62. The fraction of sp³-hybridized carbons (Fsp3) is 0.684. The largest absolute Gasteiger partial charge is 0.756 e. The molecule has 2 N–H and O–H groups in total. The molecule has 0 spiro atoms. The van der Waals surface area contributed by atoms with E-state index in [4.69, 9.17) is 23.6 Å². The lowest BCUT2D eigenvalue weighted by molar-refractivity contribution is -0.959. The second kappa shape index (κ2) is 9.20. The Labute approximate surface area is 171 Å². The number of nitrogens with zero attached hydrogens (tertiary/aromatic N) is 1. The molecule has 3 rings (SSSR count). The molecule has 9 nitrogen and oxygen atoms in total. The summed E-state index contributed by atoms with van der Waals surface area (Å²) in [4.78, 5) is 20.3. The minimum atomic E-state index is -4.86.